The second kappa shape index (κ2) is 10.9. The second-order valence-electron chi connectivity index (χ2n) is 9.31. The number of nitrogens with one attached hydrogen (secondary N) is 3. The van der Waals surface area contributed by atoms with Crippen LogP contribution in [0.4, 0.5) is 20.4 Å². The maximum absolute atomic E-state index is 15.5. The number of anilines is 2. The summed E-state index contributed by atoms with van der Waals surface area (Å²) in [6.45, 7) is 6.37. The lowest BCUT2D eigenvalue weighted by Crippen LogP contribution is -2.44. The van der Waals surface area contributed by atoms with Crippen molar-refractivity contribution < 1.29 is 21.9 Å². The summed E-state index contributed by atoms with van der Waals surface area (Å²) in [6.07, 6.45) is 4.27. The minimum Gasteiger partial charge on any atom is -0.434 e. The summed E-state index contributed by atoms with van der Waals surface area (Å²) >= 11 is 1.32. The first-order valence-electron chi connectivity index (χ1n) is 12.3. The van der Waals surface area contributed by atoms with Crippen LogP contribution in [0.25, 0.3) is 16.6 Å². The van der Waals surface area contributed by atoms with E-state index in [1.165, 1.54) is 29.5 Å². The summed E-state index contributed by atoms with van der Waals surface area (Å²) in [5.41, 5.74) is 0.600. The van der Waals surface area contributed by atoms with Crippen molar-refractivity contribution in [1.29, 1.82) is 0 Å². The lowest BCUT2D eigenvalue weighted by molar-refractivity contribution is 0.254. The van der Waals surface area contributed by atoms with Gasteiger partial charge in [-0.05, 0) is 38.0 Å². The van der Waals surface area contributed by atoms with Crippen LogP contribution in [0.1, 0.15) is 36.3 Å². The fourth-order valence-corrected chi connectivity index (χ4v) is 6.76. The highest BCUT2D eigenvalue weighted by atomic mass is 32.2. The number of ether oxygens (including phenoxy) is 1. The highest BCUT2D eigenvalue weighted by Gasteiger charge is 2.32. The van der Waals surface area contributed by atoms with Crippen LogP contribution in [0.5, 0.6) is 11.6 Å². The summed E-state index contributed by atoms with van der Waals surface area (Å²) in [5, 5.41) is 6.39. The molecule has 5 rings (SSSR count). The van der Waals surface area contributed by atoms with E-state index in [0.29, 0.717) is 53.9 Å². The summed E-state index contributed by atoms with van der Waals surface area (Å²) < 4.78 is 62.7. The number of hydrogen-bond acceptors (Lipinski definition) is 9. The Kier molecular flexibility index (Phi) is 7.59. The minimum absolute atomic E-state index is 0.0142. The van der Waals surface area contributed by atoms with Gasteiger partial charge in [-0.25, -0.2) is 32.2 Å². The van der Waals surface area contributed by atoms with Crippen molar-refractivity contribution in [1.82, 2.24) is 20.3 Å². The van der Waals surface area contributed by atoms with Crippen molar-refractivity contribution in [2.75, 3.05) is 23.1 Å². The maximum Gasteiger partial charge on any atom is 0.240 e. The van der Waals surface area contributed by atoms with Crippen molar-refractivity contribution >= 4 is 39.1 Å². The largest absolute Gasteiger partial charge is 0.434 e. The van der Waals surface area contributed by atoms with Gasteiger partial charge in [-0.3, -0.25) is 4.72 Å². The Morgan fingerprint density at radius 2 is 2.05 bits per heavy atom. The molecule has 1 saturated carbocycles. The van der Waals surface area contributed by atoms with Crippen molar-refractivity contribution in [3.8, 4) is 22.2 Å². The minimum atomic E-state index is -3.62. The van der Waals surface area contributed by atoms with E-state index in [2.05, 4.69) is 36.9 Å². The highest BCUT2D eigenvalue weighted by molar-refractivity contribution is 7.93. The molecule has 2 aliphatic rings. The predicted octanol–water partition coefficient (Wildman–Crippen LogP) is 4.89. The average molecular weight is 563 g/mol. The molecule has 0 spiro atoms. The van der Waals surface area contributed by atoms with E-state index in [0.717, 1.165) is 6.42 Å². The van der Waals surface area contributed by atoms with Gasteiger partial charge in [0.2, 0.25) is 21.9 Å². The average Bonchev–Trinajstić information content (AvgIpc) is 3.19. The molecule has 9 nitrogen and oxygen atoms in total. The zero-order chi connectivity index (χ0) is 26.9. The molecule has 0 bridgehead atoms. The van der Waals surface area contributed by atoms with Gasteiger partial charge in [0.15, 0.2) is 11.6 Å². The van der Waals surface area contributed by atoms with E-state index in [4.69, 9.17) is 4.74 Å². The SMILES string of the molecule is C=Cc1c(NS(=O)(=O)C2CCC2)ccc(Oc2nc(C)sc2-c2ccnc(N[C@@H]3CNC[C@@H](F)C3)n2)c1F. The van der Waals surface area contributed by atoms with E-state index < -0.39 is 27.3 Å². The number of sulfonamides is 1. The fraction of sp³-hybridized carbons (Fsp3) is 0.400. The number of benzene rings is 1. The molecule has 2 atom stereocenters. The second-order valence-corrected chi connectivity index (χ2v) is 12.5. The standard InChI is InChI=1S/C25H28F2N6O3S2/c1-3-18-19(33-38(34,35)17-5-4-6-17)7-8-21(22(18)27)36-24-23(37-14(2)30-24)20-9-10-29-25(32-20)31-16-11-15(26)12-28-13-16/h3,7-10,15-17,28,33H,1,4-6,11-13H2,2H3,(H,29,31,32)/t15-,16-/m0/s1. The number of aryl methyl sites for hydroxylation is 1. The van der Waals surface area contributed by atoms with Crippen LogP contribution in [-0.4, -0.2) is 53.9 Å². The molecule has 2 aromatic heterocycles. The van der Waals surface area contributed by atoms with Crippen LogP contribution in [0.2, 0.25) is 0 Å². The Balaban J connectivity index is 1.39. The zero-order valence-electron chi connectivity index (χ0n) is 20.7. The summed E-state index contributed by atoms with van der Waals surface area (Å²) in [4.78, 5) is 13.8. The van der Waals surface area contributed by atoms with Crippen LogP contribution < -0.4 is 20.1 Å². The quantitative estimate of drug-likeness (QED) is 0.338. The topological polar surface area (TPSA) is 118 Å². The third-order valence-electron chi connectivity index (χ3n) is 6.52. The van der Waals surface area contributed by atoms with E-state index in [9.17, 15) is 12.8 Å². The number of rotatable bonds is 9. The molecule has 1 saturated heterocycles. The van der Waals surface area contributed by atoms with Gasteiger partial charge in [0, 0.05) is 37.3 Å². The third kappa shape index (κ3) is 5.64. The number of thiazole rings is 1. The number of halogens is 2. The van der Waals surface area contributed by atoms with Gasteiger partial charge < -0.3 is 15.4 Å². The molecule has 2 fully saturated rings. The smallest absolute Gasteiger partial charge is 0.240 e. The molecule has 3 heterocycles. The van der Waals surface area contributed by atoms with E-state index in [1.807, 2.05) is 0 Å². The molecular formula is C25H28F2N6O3S2. The molecular weight excluding hydrogens is 534 g/mol. The fourth-order valence-electron chi connectivity index (χ4n) is 4.34. The predicted molar refractivity (Wildman–Crippen MR) is 144 cm³/mol. The summed E-state index contributed by atoms with van der Waals surface area (Å²) in [6, 6.07) is 4.34. The number of piperidine rings is 1. The Bertz CT molecular complexity index is 1440. The van der Waals surface area contributed by atoms with Gasteiger partial charge in [-0.2, -0.15) is 0 Å². The number of hydrogen-bond donors (Lipinski definition) is 3. The van der Waals surface area contributed by atoms with E-state index in [1.54, 1.807) is 19.2 Å². The monoisotopic (exact) mass is 562 g/mol. The number of aromatic nitrogens is 3. The number of alkyl halides is 1. The van der Waals surface area contributed by atoms with E-state index in [-0.39, 0.29) is 28.9 Å². The van der Waals surface area contributed by atoms with Gasteiger partial charge in [0.1, 0.15) is 11.0 Å². The van der Waals surface area contributed by atoms with Gasteiger partial charge in [-0.1, -0.05) is 19.1 Å². The molecule has 3 aromatic rings. The molecule has 1 aliphatic carbocycles. The Labute approximate surface area is 223 Å². The highest BCUT2D eigenvalue weighted by Crippen LogP contribution is 2.39. The Hall–Kier alpha value is -3.16. The summed E-state index contributed by atoms with van der Waals surface area (Å²) in [5.74, 6) is -0.408. The van der Waals surface area contributed by atoms with Gasteiger partial charge >= 0.3 is 0 Å². The zero-order valence-corrected chi connectivity index (χ0v) is 22.3. The first-order chi connectivity index (χ1) is 18.2. The van der Waals surface area contributed by atoms with Crippen LogP contribution in [-0.2, 0) is 10.0 Å². The summed E-state index contributed by atoms with van der Waals surface area (Å²) in [7, 11) is -3.62. The molecule has 202 valence electrons. The molecule has 1 aromatic carbocycles. The van der Waals surface area contributed by atoms with Crippen molar-refractivity contribution in [3.63, 3.8) is 0 Å². The van der Waals surface area contributed by atoms with Crippen LogP contribution >= 0.6 is 11.3 Å². The lowest BCUT2D eigenvalue weighted by Gasteiger charge is -2.26. The molecule has 13 heteroatoms. The first-order valence-corrected chi connectivity index (χ1v) is 14.7. The van der Waals surface area contributed by atoms with Gasteiger partial charge in [-0.15, -0.1) is 11.3 Å². The molecule has 3 N–H and O–H groups in total. The molecule has 38 heavy (non-hydrogen) atoms. The third-order valence-corrected chi connectivity index (χ3v) is 9.35. The first kappa shape index (κ1) is 26.4. The van der Waals surface area contributed by atoms with Gasteiger partial charge in [0.25, 0.3) is 0 Å². The van der Waals surface area contributed by atoms with Crippen LogP contribution in [0.3, 0.4) is 0 Å². The Morgan fingerprint density at radius 1 is 1.24 bits per heavy atom. The van der Waals surface area contributed by atoms with Crippen molar-refractivity contribution in [3.05, 3.63) is 47.4 Å². The molecule has 0 unspecified atom stereocenters. The lowest BCUT2D eigenvalue weighted by atomic mass is 10.0. The van der Waals surface area contributed by atoms with Crippen LogP contribution in [0.15, 0.2) is 31.0 Å². The van der Waals surface area contributed by atoms with Crippen molar-refractivity contribution in [2.45, 2.75) is 50.1 Å². The van der Waals surface area contributed by atoms with Crippen LogP contribution in [0, 0.1) is 12.7 Å². The Morgan fingerprint density at radius 3 is 2.76 bits per heavy atom. The molecule has 1 aliphatic heterocycles. The van der Waals surface area contributed by atoms with Crippen molar-refractivity contribution in [2.24, 2.45) is 0 Å². The normalized spacial score (nSPS) is 20.0. The van der Waals surface area contributed by atoms with E-state index >= 15 is 4.39 Å². The molecule has 0 amide bonds. The van der Waals surface area contributed by atoms with Gasteiger partial charge in [0.05, 0.1) is 21.6 Å². The molecule has 0 radical (unpaired) electrons. The maximum atomic E-state index is 15.5. The number of nitrogens with zero attached hydrogens (tertiary/aromatic N) is 3.